The molecular weight excluding hydrogens is 380 g/mol. The first-order chi connectivity index (χ1) is 14.2. The number of rotatable bonds is 4. The third kappa shape index (κ3) is 4.40. The van der Waals surface area contributed by atoms with E-state index in [-0.39, 0.29) is 13.3 Å². The van der Waals surface area contributed by atoms with Gasteiger partial charge in [0.2, 0.25) is 5.95 Å². The molecule has 4 rings (SSSR count). The Morgan fingerprint density at radius 3 is 2.27 bits per heavy atom. The Morgan fingerprint density at radius 1 is 0.933 bits per heavy atom. The maximum absolute atomic E-state index is 12.9. The van der Waals surface area contributed by atoms with Crippen molar-refractivity contribution in [3.05, 3.63) is 66.0 Å². The molecule has 0 aliphatic carbocycles. The van der Waals surface area contributed by atoms with Gasteiger partial charge in [-0.15, -0.1) is 0 Å². The standard InChI is InChI=1S/C22H22N4O3.CH4/c1-2-29-21(28)19-14-23-22(24-15-19)26-11-9-25(10-12-26)20(27)18-8-7-16-5-3-4-6-17(16)13-18;/h3-8,13-15H,2,9-12H2,1H3;1H4. The molecule has 0 atom stereocenters. The van der Waals surface area contributed by atoms with Crippen LogP contribution in [-0.4, -0.2) is 59.5 Å². The first-order valence-electron chi connectivity index (χ1n) is 9.68. The molecule has 7 nitrogen and oxygen atoms in total. The molecule has 1 aliphatic heterocycles. The van der Waals surface area contributed by atoms with E-state index < -0.39 is 5.97 Å². The van der Waals surface area contributed by atoms with E-state index in [1.165, 1.54) is 12.4 Å². The summed E-state index contributed by atoms with van der Waals surface area (Å²) in [7, 11) is 0. The smallest absolute Gasteiger partial charge is 0.341 e. The highest BCUT2D eigenvalue weighted by Crippen LogP contribution is 2.18. The van der Waals surface area contributed by atoms with Gasteiger partial charge < -0.3 is 14.5 Å². The molecule has 0 unspecified atom stereocenters. The van der Waals surface area contributed by atoms with Gasteiger partial charge >= 0.3 is 5.97 Å². The average Bonchev–Trinajstić information content (AvgIpc) is 2.78. The van der Waals surface area contributed by atoms with E-state index in [1.807, 2.05) is 52.3 Å². The van der Waals surface area contributed by atoms with Crippen LogP contribution in [0.5, 0.6) is 0 Å². The predicted molar refractivity (Wildman–Crippen MR) is 117 cm³/mol. The van der Waals surface area contributed by atoms with Crippen molar-refractivity contribution < 1.29 is 14.3 Å². The number of carbonyl (C=O) groups is 2. The zero-order valence-corrected chi connectivity index (χ0v) is 16.2. The zero-order chi connectivity index (χ0) is 20.2. The van der Waals surface area contributed by atoms with Crippen LogP contribution in [-0.2, 0) is 4.74 Å². The van der Waals surface area contributed by atoms with Gasteiger partial charge in [-0.2, -0.15) is 0 Å². The fourth-order valence-corrected chi connectivity index (χ4v) is 3.42. The third-order valence-electron chi connectivity index (χ3n) is 5.00. The van der Waals surface area contributed by atoms with Gasteiger partial charge in [0.15, 0.2) is 0 Å². The summed E-state index contributed by atoms with van der Waals surface area (Å²) in [5, 5.41) is 2.18. The number of hydrogen-bond donors (Lipinski definition) is 0. The summed E-state index contributed by atoms with van der Waals surface area (Å²) in [5.74, 6) is 0.162. The van der Waals surface area contributed by atoms with Crippen molar-refractivity contribution in [2.45, 2.75) is 14.4 Å². The first kappa shape index (κ1) is 21.2. The quantitative estimate of drug-likeness (QED) is 0.618. The number of ether oxygens (including phenoxy) is 1. The van der Waals surface area contributed by atoms with Gasteiger partial charge in [-0.3, -0.25) is 4.79 Å². The van der Waals surface area contributed by atoms with Gasteiger partial charge in [0.25, 0.3) is 5.91 Å². The van der Waals surface area contributed by atoms with E-state index in [1.54, 1.807) is 6.92 Å². The second-order valence-electron chi connectivity index (χ2n) is 6.83. The maximum atomic E-state index is 12.9. The lowest BCUT2D eigenvalue weighted by Crippen LogP contribution is -2.49. The predicted octanol–water partition coefficient (Wildman–Crippen LogP) is 3.41. The number of piperazine rings is 1. The van der Waals surface area contributed by atoms with Crippen LogP contribution in [0, 0.1) is 0 Å². The molecule has 1 fully saturated rings. The summed E-state index contributed by atoms with van der Waals surface area (Å²) in [5.41, 5.74) is 1.04. The summed E-state index contributed by atoms with van der Waals surface area (Å²) in [6.07, 6.45) is 2.96. The minimum absolute atomic E-state index is 0. The Bertz CT molecular complexity index is 1030. The molecule has 2 heterocycles. The van der Waals surface area contributed by atoms with E-state index in [2.05, 4.69) is 9.97 Å². The van der Waals surface area contributed by atoms with Gasteiger partial charge in [-0.1, -0.05) is 37.8 Å². The molecule has 1 saturated heterocycles. The molecular formula is C23H26N4O3. The van der Waals surface area contributed by atoms with Crippen molar-refractivity contribution in [3.8, 4) is 0 Å². The molecule has 1 aromatic heterocycles. The monoisotopic (exact) mass is 406 g/mol. The molecule has 0 N–H and O–H groups in total. The number of amides is 1. The molecule has 0 saturated carbocycles. The first-order valence-corrected chi connectivity index (χ1v) is 9.68. The van der Waals surface area contributed by atoms with Crippen LogP contribution in [0.15, 0.2) is 54.9 Å². The van der Waals surface area contributed by atoms with Crippen molar-refractivity contribution in [3.63, 3.8) is 0 Å². The molecule has 3 aromatic rings. The summed E-state index contributed by atoms with van der Waals surface area (Å²) in [4.78, 5) is 37.0. The van der Waals surface area contributed by atoms with Crippen molar-refractivity contribution in [2.75, 3.05) is 37.7 Å². The topological polar surface area (TPSA) is 75.6 Å². The number of fused-ring (bicyclic) bond motifs is 1. The molecule has 30 heavy (non-hydrogen) atoms. The summed E-state index contributed by atoms with van der Waals surface area (Å²) in [6, 6.07) is 13.8. The second kappa shape index (κ2) is 9.35. The van der Waals surface area contributed by atoms with Crippen molar-refractivity contribution >= 4 is 28.6 Å². The Hall–Kier alpha value is -3.48. The molecule has 2 aromatic carbocycles. The molecule has 7 heteroatoms. The van der Waals surface area contributed by atoms with Gasteiger partial charge in [-0.05, 0) is 29.8 Å². The number of benzene rings is 2. The number of esters is 1. The molecule has 0 spiro atoms. The minimum Gasteiger partial charge on any atom is -0.462 e. The third-order valence-corrected chi connectivity index (χ3v) is 5.00. The Kier molecular flexibility index (Phi) is 6.61. The fourth-order valence-electron chi connectivity index (χ4n) is 3.42. The van der Waals surface area contributed by atoms with Gasteiger partial charge in [0, 0.05) is 44.1 Å². The lowest BCUT2D eigenvalue weighted by atomic mass is 10.1. The SMILES string of the molecule is C.CCOC(=O)c1cnc(N2CCN(C(=O)c3ccc4ccccc4c3)CC2)nc1. The molecule has 1 amide bonds. The Morgan fingerprint density at radius 2 is 1.60 bits per heavy atom. The number of carbonyl (C=O) groups excluding carboxylic acids is 2. The van der Waals surface area contributed by atoms with Crippen molar-refractivity contribution in [2.24, 2.45) is 0 Å². The van der Waals surface area contributed by atoms with Gasteiger partial charge in [0.05, 0.1) is 12.2 Å². The zero-order valence-electron chi connectivity index (χ0n) is 16.2. The summed E-state index contributed by atoms with van der Waals surface area (Å²) in [6.45, 7) is 4.53. The van der Waals surface area contributed by atoms with E-state index in [9.17, 15) is 9.59 Å². The Balaban J connectivity index is 0.00000256. The van der Waals surface area contributed by atoms with Gasteiger partial charge in [-0.25, -0.2) is 14.8 Å². The highest BCUT2D eigenvalue weighted by molar-refractivity contribution is 5.98. The molecule has 156 valence electrons. The van der Waals surface area contributed by atoms with E-state index in [0.29, 0.717) is 49.9 Å². The van der Waals surface area contributed by atoms with Crippen LogP contribution in [0.2, 0.25) is 0 Å². The minimum atomic E-state index is -0.426. The van der Waals surface area contributed by atoms with Crippen LogP contribution in [0.4, 0.5) is 5.95 Å². The van der Waals surface area contributed by atoms with Crippen molar-refractivity contribution in [1.82, 2.24) is 14.9 Å². The van der Waals surface area contributed by atoms with Crippen LogP contribution in [0.3, 0.4) is 0 Å². The average molecular weight is 406 g/mol. The van der Waals surface area contributed by atoms with Crippen molar-refractivity contribution in [1.29, 1.82) is 0 Å². The van der Waals surface area contributed by atoms with E-state index in [0.717, 1.165) is 10.8 Å². The summed E-state index contributed by atoms with van der Waals surface area (Å²) >= 11 is 0. The lowest BCUT2D eigenvalue weighted by Gasteiger charge is -2.34. The number of nitrogens with zero attached hydrogens (tertiary/aromatic N) is 4. The lowest BCUT2D eigenvalue weighted by molar-refractivity contribution is 0.0525. The van der Waals surface area contributed by atoms with Crippen LogP contribution >= 0.6 is 0 Å². The molecule has 1 aliphatic rings. The van der Waals surface area contributed by atoms with Gasteiger partial charge in [0.1, 0.15) is 0 Å². The van der Waals surface area contributed by atoms with Crippen LogP contribution < -0.4 is 4.90 Å². The highest BCUT2D eigenvalue weighted by atomic mass is 16.5. The number of hydrogen-bond acceptors (Lipinski definition) is 6. The van der Waals surface area contributed by atoms with Crippen LogP contribution in [0.1, 0.15) is 35.1 Å². The number of anilines is 1. The van der Waals surface area contributed by atoms with E-state index >= 15 is 0 Å². The fraction of sp³-hybridized carbons (Fsp3) is 0.304. The maximum Gasteiger partial charge on any atom is 0.341 e. The second-order valence-corrected chi connectivity index (χ2v) is 6.83. The molecule has 0 bridgehead atoms. The Labute approximate surface area is 176 Å². The summed E-state index contributed by atoms with van der Waals surface area (Å²) < 4.78 is 4.95. The largest absolute Gasteiger partial charge is 0.462 e. The van der Waals surface area contributed by atoms with Crippen LogP contribution in [0.25, 0.3) is 10.8 Å². The normalized spacial score (nSPS) is 13.6. The highest BCUT2D eigenvalue weighted by Gasteiger charge is 2.24. The molecule has 0 radical (unpaired) electrons. The van der Waals surface area contributed by atoms with E-state index in [4.69, 9.17) is 4.74 Å². The number of aromatic nitrogens is 2.